The Balaban J connectivity index is 2.26. The lowest BCUT2D eigenvalue weighted by Crippen LogP contribution is -2.26. The number of hydrogen-bond acceptors (Lipinski definition) is 3. The number of carbonyl (C=O) groups is 1. The van der Waals surface area contributed by atoms with Crippen molar-refractivity contribution in [3.05, 3.63) is 28.2 Å². The van der Waals surface area contributed by atoms with Gasteiger partial charge in [-0.05, 0) is 12.1 Å². The minimum atomic E-state index is -4.60. The Labute approximate surface area is 120 Å². The number of benzene rings is 1. The van der Waals surface area contributed by atoms with Crippen LogP contribution in [0.2, 0.25) is 10.0 Å². The molecule has 0 N–H and O–H groups in total. The van der Waals surface area contributed by atoms with E-state index in [1.807, 2.05) is 0 Å². The summed E-state index contributed by atoms with van der Waals surface area (Å²) in [5, 5.41) is 0.592. The summed E-state index contributed by atoms with van der Waals surface area (Å²) in [6.07, 6.45) is -0.0370. The van der Waals surface area contributed by atoms with Crippen LogP contribution in [0.3, 0.4) is 0 Å². The molecule has 0 aliphatic carbocycles. The fraction of sp³-hybridized carbons (Fsp3) is 0.364. The summed E-state index contributed by atoms with van der Waals surface area (Å²) >= 11 is 12.0. The maximum Gasteiger partial charge on any atom is 0.302 e. The van der Waals surface area contributed by atoms with Crippen molar-refractivity contribution in [2.24, 2.45) is 5.92 Å². The molecule has 8 heteroatoms. The molecule has 1 heterocycles. The Kier molecular flexibility index (Phi) is 4.03. The highest BCUT2D eigenvalue weighted by atomic mass is 35.5. The molecule has 1 atom stereocenters. The van der Waals surface area contributed by atoms with Crippen molar-refractivity contribution in [1.29, 1.82) is 0 Å². The average molecular weight is 326 g/mol. The van der Waals surface area contributed by atoms with E-state index in [-0.39, 0.29) is 18.9 Å². The van der Waals surface area contributed by atoms with Crippen LogP contribution in [0.4, 0.5) is 9.57 Å². The van der Waals surface area contributed by atoms with Crippen LogP contribution in [-0.4, -0.2) is 26.6 Å². The molecule has 4 nitrogen and oxygen atoms in total. The molecular weight excluding hydrogens is 316 g/mol. The molecule has 2 rings (SSSR count). The fourth-order valence-electron chi connectivity index (χ4n) is 2.14. The zero-order chi connectivity index (χ0) is 14.2. The normalized spacial score (nSPS) is 20.1. The second-order valence-corrected chi connectivity index (χ2v) is 6.58. The lowest BCUT2D eigenvalue weighted by atomic mass is 10.1. The molecular formula is C11H10Cl2FNO3S. The molecule has 0 bridgehead atoms. The molecule has 0 aromatic heterocycles. The lowest BCUT2D eigenvalue weighted by Gasteiger charge is -2.19. The smallest absolute Gasteiger partial charge is 0.302 e. The quantitative estimate of drug-likeness (QED) is 0.803. The zero-order valence-corrected chi connectivity index (χ0v) is 12.0. The molecule has 0 radical (unpaired) electrons. The van der Waals surface area contributed by atoms with Gasteiger partial charge in [0.05, 0.1) is 21.5 Å². The van der Waals surface area contributed by atoms with E-state index < -0.39 is 21.9 Å². The summed E-state index contributed by atoms with van der Waals surface area (Å²) in [6, 6.07) is 4.79. The molecule has 19 heavy (non-hydrogen) atoms. The minimum absolute atomic E-state index is 0.0370. The van der Waals surface area contributed by atoms with Gasteiger partial charge in [-0.25, -0.2) is 0 Å². The monoisotopic (exact) mass is 325 g/mol. The van der Waals surface area contributed by atoms with Gasteiger partial charge in [-0.2, -0.15) is 8.42 Å². The molecule has 1 amide bonds. The topological polar surface area (TPSA) is 54.5 Å². The molecule has 1 saturated heterocycles. The maximum atomic E-state index is 12.6. The highest BCUT2D eigenvalue weighted by Gasteiger charge is 2.35. The molecule has 1 unspecified atom stereocenters. The van der Waals surface area contributed by atoms with E-state index >= 15 is 0 Å². The summed E-state index contributed by atoms with van der Waals surface area (Å²) in [6.45, 7) is 0.0887. The molecule has 1 aromatic rings. The first-order valence-electron chi connectivity index (χ1n) is 5.44. The number of amides is 1. The van der Waals surface area contributed by atoms with Gasteiger partial charge in [-0.15, -0.1) is 3.89 Å². The first-order valence-corrected chi connectivity index (χ1v) is 7.75. The Hall–Kier alpha value is -0.850. The van der Waals surface area contributed by atoms with Crippen molar-refractivity contribution >= 4 is 45.0 Å². The van der Waals surface area contributed by atoms with E-state index in [1.54, 1.807) is 18.2 Å². The van der Waals surface area contributed by atoms with Crippen molar-refractivity contribution in [3.63, 3.8) is 0 Å². The van der Waals surface area contributed by atoms with Gasteiger partial charge in [0.15, 0.2) is 0 Å². The summed E-state index contributed by atoms with van der Waals surface area (Å²) < 4.78 is 33.9. The van der Waals surface area contributed by atoms with Crippen molar-refractivity contribution in [2.45, 2.75) is 6.42 Å². The molecule has 0 saturated carbocycles. The molecule has 1 aromatic carbocycles. The highest BCUT2D eigenvalue weighted by molar-refractivity contribution is 7.86. The first kappa shape index (κ1) is 14.6. The van der Waals surface area contributed by atoms with Crippen LogP contribution in [0, 0.1) is 5.92 Å². The van der Waals surface area contributed by atoms with E-state index in [1.165, 1.54) is 4.90 Å². The van der Waals surface area contributed by atoms with Crippen LogP contribution in [0.1, 0.15) is 6.42 Å². The number of rotatable bonds is 3. The van der Waals surface area contributed by atoms with Crippen molar-refractivity contribution < 1.29 is 17.1 Å². The van der Waals surface area contributed by atoms with Gasteiger partial charge in [0.2, 0.25) is 5.91 Å². The van der Waals surface area contributed by atoms with Crippen LogP contribution in [0.5, 0.6) is 0 Å². The molecule has 1 fully saturated rings. The zero-order valence-electron chi connectivity index (χ0n) is 9.64. The third-order valence-corrected chi connectivity index (χ3v) is 4.33. The van der Waals surface area contributed by atoms with Gasteiger partial charge in [0, 0.05) is 18.9 Å². The van der Waals surface area contributed by atoms with Gasteiger partial charge < -0.3 is 4.90 Å². The number of halogens is 3. The number of nitrogens with zero attached hydrogens (tertiary/aromatic N) is 1. The molecule has 1 aliphatic heterocycles. The Morgan fingerprint density at radius 2 is 1.89 bits per heavy atom. The van der Waals surface area contributed by atoms with Gasteiger partial charge in [-0.3, -0.25) is 4.79 Å². The predicted octanol–water partition coefficient (Wildman–Crippen LogP) is 2.65. The standard InChI is InChI=1S/C11H10Cl2FNO3S/c12-8-2-1-3-9(13)11(8)15-5-7(4-10(15)16)6-19(14,17)18/h1-3,7H,4-6H2. The fourth-order valence-corrected chi connectivity index (χ4v) is 3.53. The van der Waals surface area contributed by atoms with Crippen LogP contribution >= 0.6 is 23.2 Å². The number of anilines is 1. The Morgan fingerprint density at radius 1 is 1.32 bits per heavy atom. The van der Waals surface area contributed by atoms with E-state index in [4.69, 9.17) is 23.2 Å². The third kappa shape index (κ3) is 3.38. The van der Waals surface area contributed by atoms with E-state index in [2.05, 4.69) is 0 Å². The summed E-state index contributed by atoms with van der Waals surface area (Å²) in [7, 11) is -4.60. The van der Waals surface area contributed by atoms with E-state index in [0.717, 1.165) is 0 Å². The van der Waals surface area contributed by atoms with Crippen LogP contribution in [0.25, 0.3) is 0 Å². The summed E-state index contributed by atoms with van der Waals surface area (Å²) in [5.41, 5.74) is 0.342. The third-order valence-electron chi connectivity index (χ3n) is 2.85. The second kappa shape index (κ2) is 5.26. The van der Waals surface area contributed by atoms with Crippen LogP contribution < -0.4 is 4.90 Å². The Morgan fingerprint density at radius 3 is 2.42 bits per heavy atom. The summed E-state index contributed by atoms with van der Waals surface area (Å²) in [5.74, 6) is -1.57. The molecule has 104 valence electrons. The first-order chi connectivity index (χ1) is 8.78. The van der Waals surface area contributed by atoms with Crippen LogP contribution in [0.15, 0.2) is 18.2 Å². The summed E-state index contributed by atoms with van der Waals surface area (Å²) in [4.78, 5) is 13.2. The lowest BCUT2D eigenvalue weighted by molar-refractivity contribution is -0.117. The average Bonchev–Trinajstić information content (AvgIpc) is 2.56. The van der Waals surface area contributed by atoms with Gasteiger partial charge in [0.25, 0.3) is 0 Å². The Bertz CT molecular complexity index is 600. The van der Waals surface area contributed by atoms with Gasteiger partial charge in [0.1, 0.15) is 0 Å². The number of hydrogen-bond donors (Lipinski definition) is 0. The maximum absolute atomic E-state index is 12.6. The number of carbonyl (C=O) groups excluding carboxylic acids is 1. The molecule has 0 spiro atoms. The van der Waals surface area contributed by atoms with Crippen molar-refractivity contribution in [1.82, 2.24) is 0 Å². The predicted molar refractivity (Wildman–Crippen MR) is 71.8 cm³/mol. The largest absolute Gasteiger partial charge is 0.309 e. The van der Waals surface area contributed by atoms with E-state index in [9.17, 15) is 17.1 Å². The van der Waals surface area contributed by atoms with Crippen molar-refractivity contribution in [3.8, 4) is 0 Å². The number of para-hydroxylation sites is 1. The minimum Gasteiger partial charge on any atom is -0.309 e. The second-order valence-electron chi connectivity index (χ2n) is 4.35. The van der Waals surface area contributed by atoms with E-state index in [0.29, 0.717) is 15.7 Å². The SMILES string of the molecule is O=C1CC(CS(=O)(=O)F)CN1c1c(Cl)cccc1Cl. The molecule has 1 aliphatic rings. The van der Waals surface area contributed by atoms with Gasteiger partial charge >= 0.3 is 10.2 Å². The van der Waals surface area contributed by atoms with Gasteiger partial charge in [-0.1, -0.05) is 29.3 Å². The van der Waals surface area contributed by atoms with Crippen molar-refractivity contribution in [2.75, 3.05) is 17.2 Å². The highest BCUT2D eigenvalue weighted by Crippen LogP contribution is 2.37. The van der Waals surface area contributed by atoms with Crippen LogP contribution in [-0.2, 0) is 15.0 Å².